The molecular weight excluding hydrogens is 272 g/mol. The lowest BCUT2D eigenvalue weighted by atomic mass is 9.60. The maximum atomic E-state index is 11.8. The second-order valence-electron chi connectivity index (χ2n) is 7.04. The van der Waals surface area contributed by atoms with Crippen molar-refractivity contribution in [2.75, 3.05) is 5.88 Å². The molecule has 0 radical (unpaired) electrons. The van der Waals surface area contributed by atoms with Gasteiger partial charge in [0.15, 0.2) is 0 Å². The Labute approximate surface area is 128 Å². The highest BCUT2D eigenvalue weighted by atomic mass is 35.5. The number of rotatable bonds is 5. The van der Waals surface area contributed by atoms with E-state index in [9.17, 15) is 4.79 Å². The van der Waals surface area contributed by atoms with Crippen LogP contribution in [-0.4, -0.2) is 17.5 Å². The van der Waals surface area contributed by atoms with Crippen molar-refractivity contribution in [2.24, 2.45) is 16.7 Å². The molecule has 1 rings (SSSR count). The van der Waals surface area contributed by atoms with Crippen LogP contribution in [0.3, 0.4) is 0 Å². The van der Waals surface area contributed by atoms with Crippen molar-refractivity contribution in [2.45, 2.75) is 53.6 Å². The van der Waals surface area contributed by atoms with Gasteiger partial charge < -0.3 is 4.74 Å². The van der Waals surface area contributed by atoms with E-state index in [0.717, 1.165) is 6.42 Å². The van der Waals surface area contributed by atoms with Crippen molar-refractivity contribution in [3.05, 3.63) is 24.3 Å². The van der Waals surface area contributed by atoms with Gasteiger partial charge in [-0.05, 0) is 25.7 Å². The smallest absolute Gasteiger partial charge is 0.321 e. The quantitative estimate of drug-likeness (QED) is 0.416. The summed E-state index contributed by atoms with van der Waals surface area (Å²) in [7, 11) is 0. The molecule has 3 heteroatoms. The number of halogens is 1. The second-order valence-corrected chi connectivity index (χ2v) is 7.30. The minimum Gasteiger partial charge on any atom is -0.457 e. The van der Waals surface area contributed by atoms with Gasteiger partial charge in [-0.15, -0.1) is 18.2 Å². The van der Waals surface area contributed by atoms with E-state index in [1.54, 1.807) is 0 Å². The van der Waals surface area contributed by atoms with Gasteiger partial charge in [0.25, 0.3) is 0 Å². The van der Waals surface area contributed by atoms with Gasteiger partial charge in [-0.1, -0.05) is 45.4 Å². The molecule has 0 spiro atoms. The first-order chi connectivity index (χ1) is 9.03. The van der Waals surface area contributed by atoms with Gasteiger partial charge in [0.1, 0.15) is 11.5 Å². The average Bonchev–Trinajstić information content (AvgIpc) is 2.63. The van der Waals surface area contributed by atoms with Gasteiger partial charge in [0.2, 0.25) is 0 Å². The van der Waals surface area contributed by atoms with Gasteiger partial charge in [-0.3, -0.25) is 4.79 Å². The number of alkyl halides is 1. The molecule has 114 valence electrons. The van der Waals surface area contributed by atoms with E-state index in [2.05, 4.69) is 47.3 Å². The molecule has 0 aromatic heterocycles. The molecule has 0 fully saturated rings. The average molecular weight is 299 g/mol. The molecule has 20 heavy (non-hydrogen) atoms. The van der Waals surface area contributed by atoms with Crippen LogP contribution in [0.25, 0.3) is 0 Å². The van der Waals surface area contributed by atoms with E-state index in [4.69, 9.17) is 16.3 Å². The fourth-order valence-corrected chi connectivity index (χ4v) is 3.21. The molecule has 2 nitrogen and oxygen atoms in total. The highest BCUT2D eigenvalue weighted by molar-refractivity contribution is 6.26. The number of hydrogen-bond acceptors (Lipinski definition) is 2. The van der Waals surface area contributed by atoms with E-state index in [1.807, 2.05) is 13.0 Å². The van der Waals surface area contributed by atoms with Crippen LogP contribution in [0.1, 0.15) is 48.0 Å². The van der Waals surface area contributed by atoms with Gasteiger partial charge in [0.05, 0.1) is 0 Å². The molecule has 1 unspecified atom stereocenters. The normalized spacial score (nSPS) is 24.8. The van der Waals surface area contributed by atoms with Crippen molar-refractivity contribution < 1.29 is 9.53 Å². The van der Waals surface area contributed by atoms with E-state index in [-0.39, 0.29) is 28.6 Å². The summed E-state index contributed by atoms with van der Waals surface area (Å²) in [6.07, 6.45) is 5.02. The van der Waals surface area contributed by atoms with Crippen molar-refractivity contribution in [3.8, 4) is 0 Å². The van der Waals surface area contributed by atoms with Gasteiger partial charge >= 0.3 is 5.97 Å². The summed E-state index contributed by atoms with van der Waals surface area (Å²) in [5, 5.41) is 0. The largest absolute Gasteiger partial charge is 0.457 e. The lowest BCUT2D eigenvalue weighted by Crippen LogP contribution is -2.54. The van der Waals surface area contributed by atoms with E-state index >= 15 is 0 Å². The zero-order valence-corrected chi connectivity index (χ0v) is 14.3. The van der Waals surface area contributed by atoms with Crippen molar-refractivity contribution in [1.82, 2.24) is 0 Å². The summed E-state index contributed by atoms with van der Waals surface area (Å²) in [5.74, 6) is -0.290. The first-order valence-corrected chi connectivity index (χ1v) is 7.65. The van der Waals surface area contributed by atoms with Crippen LogP contribution in [0.2, 0.25) is 0 Å². The van der Waals surface area contributed by atoms with E-state index in [1.165, 1.54) is 5.57 Å². The maximum absolute atomic E-state index is 11.8. The van der Waals surface area contributed by atoms with Crippen LogP contribution < -0.4 is 0 Å². The van der Waals surface area contributed by atoms with Crippen LogP contribution in [0.4, 0.5) is 0 Å². The van der Waals surface area contributed by atoms with E-state index < -0.39 is 5.60 Å². The van der Waals surface area contributed by atoms with Crippen LogP contribution in [0, 0.1) is 16.7 Å². The first-order valence-electron chi connectivity index (χ1n) is 7.11. The molecule has 0 saturated heterocycles. The lowest BCUT2D eigenvalue weighted by Gasteiger charge is -2.50. The third-order valence-corrected chi connectivity index (χ3v) is 5.66. The Hall–Kier alpha value is -0.760. The Kier molecular flexibility index (Phi) is 4.80. The molecule has 1 aliphatic carbocycles. The Morgan fingerprint density at radius 1 is 1.55 bits per heavy atom. The lowest BCUT2D eigenvalue weighted by molar-refractivity contribution is -0.180. The molecule has 1 aliphatic rings. The minimum atomic E-state index is -0.640. The molecule has 0 heterocycles. The van der Waals surface area contributed by atoms with Crippen molar-refractivity contribution >= 4 is 17.6 Å². The standard InChI is InChI=1S/C17H27ClO2/c1-8-15(3,4)17(7,20-14(19)11-18)13-10-9-12(2)16(13,5)6/h8-9,13H,1,10-11H2,2-7H3/t13-,17?/m0/s1. The zero-order chi connectivity index (χ0) is 15.8. The summed E-state index contributed by atoms with van der Waals surface area (Å²) in [6, 6.07) is 0. The number of carbonyl (C=O) groups is 1. The minimum absolute atomic E-state index is 0.0123. The summed E-state index contributed by atoms with van der Waals surface area (Å²) in [4.78, 5) is 11.8. The molecular formula is C17H27ClO2. The number of allylic oxidation sites excluding steroid dienone is 2. The maximum Gasteiger partial charge on any atom is 0.321 e. The fraction of sp³-hybridized carbons (Fsp3) is 0.706. The number of esters is 1. The first kappa shape index (κ1) is 17.3. The summed E-state index contributed by atoms with van der Waals surface area (Å²) in [6.45, 7) is 16.6. The Morgan fingerprint density at radius 3 is 2.45 bits per heavy atom. The van der Waals surface area contributed by atoms with Crippen molar-refractivity contribution in [1.29, 1.82) is 0 Å². The highest BCUT2D eigenvalue weighted by Gasteiger charge is 2.55. The van der Waals surface area contributed by atoms with E-state index in [0.29, 0.717) is 0 Å². The van der Waals surface area contributed by atoms with Crippen molar-refractivity contribution in [3.63, 3.8) is 0 Å². The number of hydrogen-bond donors (Lipinski definition) is 0. The van der Waals surface area contributed by atoms with Crippen LogP contribution in [0.15, 0.2) is 24.3 Å². The molecule has 0 bridgehead atoms. The molecule has 0 aromatic carbocycles. The number of carbonyl (C=O) groups excluding carboxylic acids is 1. The monoisotopic (exact) mass is 298 g/mol. The molecule has 0 amide bonds. The Bertz CT molecular complexity index is 434. The highest BCUT2D eigenvalue weighted by Crippen LogP contribution is 2.55. The van der Waals surface area contributed by atoms with Gasteiger partial charge in [0, 0.05) is 11.3 Å². The van der Waals surface area contributed by atoms with Crippen LogP contribution >= 0.6 is 11.6 Å². The summed E-state index contributed by atoms with van der Waals surface area (Å²) >= 11 is 5.64. The Morgan fingerprint density at radius 2 is 2.10 bits per heavy atom. The van der Waals surface area contributed by atoms with Gasteiger partial charge in [-0.25, -0.2) is 0 Å². The third kappa shape index (κ3) is 2.67. The predicted molar refractivity (Wildman–Crippen MR) is 84.8 cm³/mol. The predicted octanol–water partition coefficient (Wildman–Crippen LogP) is 4.73. The number of ether oxygens (including phenoxy) is 1. The van der Waals surface area contributed by atoms with Crippen LogP contribution in [0.5, 0.6) is 0 Å². The third-order valence-electron chi connectivity index (χ3n) is 5.44. The second kappa shape index (κ2) is 5.55. The SMILES string of the molecule is C=CC(C)(C)C(C)(OC(=O)CCl)[C@H]1CC=C(C)C1(C)C. The molecule has 0 aliphatic heterocycles. The molecule has 2 atom stereocenters. The van der Waals surface area contributed by atoms with Gasteiger partial charge in [-0.2, -0.15) is 0 Å². The van der Waals surface area contributed by atoms with Crippen LogP contribution in [-0.2, 0) is 9.53 Å². The Balaban J connectivity index is 3.26. The summed E-state index contributed by atoms with van der Waals surface area (Å²) in [5.41, 5.74) is 0.352. The molecule has 0 aromatic rings. The fourth-order valence-electron chi connectivity index (χ4n) is 3.16. The topological polar surface area (TPSA) is 26.3 Å². The molecule has 0 saturated carbocycles. The zero-order valence-electron chi connectivity index (χ0n) is 13.5. The molecule has 0 N–H and O–H groups in total. The summed E-state index contributed by atoms with van der Waals surface area (Å²) < 4.78 is 5.84.